The van der Waals surface area contributed by atoms with Crippen LogP contribution in [0.4, 0.5) is 0 Å². The fraction of sp³-hybridized carbons (Fsp3) is 0.385. The lowest BCUT2D eigenvalue weighted by Crippen LogP contribution is -2.40. The summed E-state index contributed by atoms with van der Waals surface area (Å²) in [6.45, 7) is 0. The SMILES string of the molecule is O=C1C=C2C[C@H](c3c(Cl)cncc3Cl)CC(Cl)C2N1. The van der Waals surface area contributed by atoms with Gasteiger partial charge in [0.15, 0.2) is 0 Å². The van der Waals surface area contributed by atoms with Crippen molar-refractivity contribution < 1.29 is 4.79 Å². The number of rotatable bonds is 1. The molecule has 3 rings (SSSR count). The van der Waals surface area contributed by atoms with Crippen LogP contribution in [0.5, 0.6) is 0 Å². The second kappa shape index (κ2) is 4.97. The Balaban J connectivity index is 1.95. The van der Waals surface area contributed by atoms with Gasteiger partial charge in [-0.05, 0) is 29.9 Å². The Morgan fingerprint density at radius 2 is 1.95 bits per heavy atom. The van der Waals surface area contributed by atoms with Gasteiger partial charge in [-0.25, -0.2) is 0 Å². The van der Waals surface area contributed by atoms with Crippen molar-refractivity contribution in [3.63, 3.8) is 0 Å². The van der Waals surface area contributed by atoms with Crippen LogP contribution in [0.25, 0.3) is 0 Å². The molecule has 6 heteroatoms. The highest BCUT2D eigenvalue weighted by Crippen LogP contribution is 2.44. The number of aromatic nitrogens is 1. The molecule has 1 aromatic heterocycles. The van der Waals surface area contributed by atoms with Gasteiger partial charge in [0.2, 0.25) is 5.91 Å². The lowest BCUT2D eigenvalue weighted by molar-refractivity contribution is -0.116. The van der Waals surface area contributed by atoms with E-state index in [1.807, 2.05) is 0 Å². The van der Waals surface area contributed by atoms with E-state index >= 15 is 0 Å². The predicted octanol–water partition coefficient (Wildman–Crippen LogP) is 3.30. The molecule has 1 amide bonds. The zero-order valence-electron chi connectivity index (χ0n) is 9.87. The van der Waals surface area contributed by atoms with Crippen LogP contribution in [-0.2, 0) is 4.79 Å². The van der Waals surface area contributed by atoms with Gasteiger partial charge in [0.1, 0.15) is 0 Å². The van der Waals surface area contributed by atoms with Crippen molar-refractivity contribution in [1.29, 1.82) is 0 Å². The minimum Gasteiger partial charge on any atom is -0.345 e. The lowest BCUT2D eigenvalue weighted by Gasteiger charge is -2.33. The summed E-state index contributed by atoms with van der Waals surface area (Å²) in [5.41, 5.74) is 1.91. The van der Waals surface area contributed by atoms with E-state index in [0.717, 1.165) is 24.0 Å². The third-order valence-corrected chi connectivity index (χ3v) is 4.70. The van der Waals surface area contributed by atoms with Crippen LogP contribution in [0.15, 0.2) is 24.0 Å². The second-order valence-corrected chi connectivity index (χ2v) is 6.25. The second-order valence-electron chi connectivity index (χ2n) is 4.88. The molecule has 3 nitrogen and oxygen atoms in total. The van der Waals surface area contributed by atoms with E-state index in [4.69, 9.17) is 34.8 Å². The molecule has 0 aromatic carbocycles. The highest BCUT2D eigenvalue weighted by Gasteiger charge is 2.38. The predicted molar refractivity (Wildman–Crippen MR) is 75.9 cm³/mol. The van der Waals surface area contributed by atoms with Gasteiger partial charge in [-0.1, -0.05) is 23.2 Å². The maximum atomic E-state index is 11.4. The van der Waals surface area contributed by atoms with Gasteiger partial charge in [-0.2, -0.15) is 0 Å². The monoisotopic (exact) mass is 316 g/mol. The smallest absolute Gasteiger partial charge is 0.244 e. The van der Waals surface area contributed by atoms with Crippen molar-refractivity contribution in [2.24, 2.45) is 0 Å². The number of carbonyl (C=O) groups is 1. The summed E-state index contributed by atoms with van der Waals surface area (Å²) in [5.74, 6) is 0.0546. The number of amides is 1. The summed E-state index contributed by atoms with van der Waals surface area (Å²) in [6.07, 6.45) is 6.29. The molecule has 1 fully saturated rings. The van der Waals surface area contributed by atoms with Crippen LogP contribution in [0, 0.1) is 0 Å². The summed E-state index contributed by atoms with van der Waals surface area (Å²) >= 11 is 18.8. The van der Waals surface area contributed by atoms with Crippen molar-refractivity contribution >= 4 is 40.7 Å². The topological polar surface area (TPSA) is 42.0 Å². The van der Waals surface area contributed by atoms with Crippen molar-refractivity contribution in [1.82, 2.24) is 10.3 Å². The van der Waals surface area contributed by atoms with E-state index < -0.39 is 0 Å². The normalized spacial score (nSPS) is 29.7. The summed E-state index contributed by atoms with van der Waals surface area (Å²) < 4.78 is 0. The number of hydrogen-bond acceptors (Lipinski definition) is 2. The average molecular weight is 318 g/mol. The van der Waals surface area contributed by atoms with E-state index in [9.17, 15) is 4.79 Å². The van der Waals surface area contributed by atoms with Crippen molar-refractivity contribution in [2.75, 3.05) is 0 Å². The van der Waals surface area contributed by atoms with Crippen LogP contribution < -0.4 is 5.32 Å². The zero-order valence-corrected chi connectivity index (χ0v) is 12.1. The molecule has 2 unspecified atom stereocenters. The van der Waals surface area contributed by atoms with E-state index in [1.165, 1.54) is 0 Å². The summed E-state index contributed by atoms with van der Waals surface area (Å²) in [4.78, 5) is 15.4. The number of carbonyl (C=O) groups excluding carboxylic acids is 1. The largest absolute Gasteiger partial charge is 0.345 e. The van der Waals surface area contributed by atoms with Crippen LogP contribution in [0.2, 0.25) is 10.0 Å². The molecule has 0 saturated heterocycles. The first-order valence-electron chi connectivity index (χ1n) is 6.00. The summed E-state index contributed by atoms with van der Waals surface area (Å²) in [7, 11) is 0. The van der Waals surface area contributed by atoms with Crippen LogP contribution in [0.3, 0.4) is 0 Å². The first-order chi connectivity index (χ1) is 9.06. The molecule has 2 aliphatic rings. The standard InChI is InChI=1S/C13H11Cl3N2O/c14-8-2-6(1-7-3-11(19)18-13(7)8)12-9(15)4-17-5-10(12)16/h3-6,8,13H,1-2H2,(H,18,19)/t6-,8?,13?/m0/s1. The molecule has 1 aliphatic carbocycles. The molecule has 100 valence electrons. The molecule has 1 saturated carbocycles. The third-order valence-electron chi connectivity index (χ3n) is 3.67. The molecule has 1 N–H and O–H groups in total. The maximum Gasteiger partial charge on any atom is 0.244 e. The van der Waals surface area contributed by atoms with Gasteiger partial charge in [0.05, 0.1) is 21.5 Å². The van der Waals surface area contributed by atoms with Gasteiger partial charge in [0, 0.05) is 18.5 Å². The van der Waals surface area contributed by atoms with Crippen LogP contribution in [-0.4, -0.2) is 22.3 Å². The van der Waals surface area contributed by atoms with Crippen molar-refractivity contribution in [3.05, 3.63) is 39.7 Å². The molecule has 3 atom stereocenters. The molecule has 2 heterocycles. The molecule has 1 aromatic rings. The number of hydrogen-bond donors (Lipinski definition) is 1. The third kappa shape index (κ3) is 2.35. The Labute approximate surface area is 125 Å². The van der Waals surface area contributed by atoms with Gasteiger partial charge in [-0.3, -0.25) is 9.78 Å². The van der Waals surface area contributed by atoms with Crippen LogP contribution >= 0.6 is 34.8 Å². The number of halogens is 3. The maximum absolute atomic E-state index is 11.4. The molecule has 1 aliphatic heterocycles. The minimum absolute atomic E-state index is 0.0511. The molecule has 0 radical (unpaired) electrons. The molecule has 0 bridgehead atoms. The van der Waals surface area contributed by atoms with Gasteiger partial charge < -0.3 is 5.32 Å². The van der Waals surface area contributed by atoms with E-state index in [0.29, 0.717) is 10.0 Å². The van der Waals surface area contributed by atoms with Gasteiger partial charge in [-0.15, -0.1) is 11.6 Å². The first-order valence-corrected chi connectivity index (χ1v) is 7.19. The number of fused-ring (bicyclic) bond motifs is 1. The van der Waals surface area contributed by atoms with E-state index in [2.05, 4.69) is 10.3 Å². The first kappa shape index (κ1) is 13.2. The molecule has 19 heavy (non-hydrogen) atoms. The van der Waals surface area contributed by atoms with Crippen molar-refractivity contribution in [3.8, 4) is 0 Å². The lowest BCUT2D eigenvalue weighted by atomic mass is 9.79. The van der Waals surface area contributed by atoms with Crippen molar-refractivity contribution in [2.45, 2.75) is 30.2 Å². The minimum atomic E-state index is -0.142. The number of nitrogens with zero attached hydrogens (tertiary/aromatic N) is 1. The number of pyridine rings is 1. The molecular weight excluding hydrogens is 307 g/mol. The van der Waals surface area contributed by atoms with Gasteiger partial charge in [0.25, 0.3) is 0 Å². The Morgan fingerprint density at radius 1 is 1.26 bits per heavy atom. The fourth-order valence-electron chi connectivity index (χ4n) is 2.86. The molecular formula is C13H11Cl3N2O. The number of alkyl halides is 1. The van der Waals surface area contributed by atoms with E-state index in [1.54, 1.807) is 18.5 Å². The van der Waals surface area contributed by atoms with Crippen LogP contribution in [0.1, 0.15) is 24.3 Å². The Hall–Kier alpha value is -0.770. The molecule has 0 spiro atoms. The average Bonchev–Trinajstić information content (AvgIpc) is 2.70. The number of nitrogens with one attached hydrogen (secondary N) is 1. The summed E-state index contributed by atoms with van der Waals surface area (Å²) in [6, 6.07) is -0.0511. The Bertz CT molecular complexity index is 553. The van der Waals surface area contributed by atoms with E-state index in [-0.39, 0.29) is 23.2 Å². The fourth-order valence-corrected chi connectivity index (χ4v) is 3.97. The quantitative estimate of drug-likeness (QED) is 0.808. The Morgan fingerprint density at radius 3 is 2.63 bits per heavy atom. The highest BCUT2D eigenvalue weighted by molar-refractivity contribution is 6.35. The van der Waals surface area contributed by atoms with Gasteiger partial charge >= 0.3 is 0 Å². The Kier molecular flexibility index (Phi) is 3.46. The zero-order chi connectivity index (χ0) is 13.6. The summed E-state index contributed by atoms with van der Waals surface area (Å²) in [5, 5.41) is 3.83. The highest BCUT2D eigenvalue weighted by atomic mass is 35.5.